The molecule has 1 aromatic carbocycles. The fourth-order valence-electron chi connectivity index (χ4n) is 1.84. The molecule has 0 aromatic heterocycles. The second-order valence-electron chi connectivity index (χ2n) is 5.11. The van der Waals surface area contributed by atoms with Crippen LogP contribution in [0.1, 0.15) is 25.8 Å². The average Bonchev–Trinajstić information content (AvgIpc) is 2.25. The summed E-state index contributed by atoms with van der Waals surface area (Å²) in [6, 6.07) is 7.61. The Balaban J connectivity index is 2.42. The van der Waals surface area contributed by atoms with Crippen molar-refractivity contribution in [1.29, 1.82) is 0 Å². The van der Waals surface area contributed by atoms with Crippen molar-refractivity contribution in [3.05, 3.63) is 29.8 Å². The van der Waals surface area contributed by atoms with Crippen LogP contribution in [0.4, 0.5) is 5.69 Å². The lowest BCUT2D eigenvalue weighted by Gasteiger charge is -2.25. The van der Waals surface area contributed by atoms with Gasteiger partial charge in [-0.2, -0.15) is 0 Å². The molecule has 4 nitrogen and oxygen atoms in total. The SMILES string of the molecule is COCC(C)(C)NC(=O)CCc1cccc(N)c1. The van der Waals surface area contributed by atoms with Gasteiger partial charge in [0.2, 0.25) is 5.91 Å². The lowest BCUT2D eigenvalue weighted by Crippen LogP contribution is -2.46. The topological polar surface area (TPSA) is 64.3 Å². The van der Waals surface area contributed by atoms with E-state index in [9.17, 15) is 4.79 Å². The number of nitrogen functional groups attached to an aromatic ring is 1. The molecule has 0 fully saturated rings. The van der Waals surface area contributed by atoms with Crippen molar-refractivity contribution in [3.63, 3.8) is 0 Å². The van der Waals surface area contributed by atoms with Gasteiger partial charge in [0.05, 0.1) is 12.1 Å². The number of benzene rings is 1. The molecule has 0 aliphatic rings. The molecule has 0 atom stereocenters. The number of carbonyl (C=O) groups is 1. The molecule has 0 saturated carbocycles. The van der Waals surface area contributed by atoms with E-state index in [0.29, 0.717) is 19.4 Å². The van der Waals surface area contributed by atoms with Crippen molar-refractivity contribution in [2.75, 3.05) is 19.5 Å². The fourth-order valence-corrected chi connectivity index (χ4v) is 1.84. The molecular formula is C14H22N2O2. The van der Waals surface area contributed by atoms with Crippen LogP contribution in [-0.2, 0) is 16.0 Å². The number of ether oxygens (including phenoxy) is 1. The molecule has 0 heterocycles. The summed E-state index contributed by atoms with van der Waals surface area (Å²) < 4.78 is 5.05. The highest BCUT2D eigenvalue weighted by Gasteiger charge is 2.19. The smallest absolute Gasteiger partial charge is 0.220 e. The maximum atomic E-state index is 11.8. The molecule has 0 bridgehead atoms. The van der Waals surface area contributed by atoms with Gasteiger partial charge >= 0.3 is 0 Å². The van der Waals surface area contributed by atoms with Crippen LogP contribution in [0.5, 0.6) is 0 Å². The summed E-state index contributed by atoms with van der Waals surface area (Å²) in [7, 11) is 1.63. The molecule has 100 valence electrons. The standard InChI is InChI=1S/C14H22N2O2/c1-14(2,10-18-3)16-13(17)8-7-11-5-4-6-12(15)9-11/h4-6,9H,7-8,10,15H2,1-3H3,(H,16,17). The first-order chi connectivity index (χ1) is 8.43. The number of methoxy groups -OCH3 is 1. The monoisotopic (exact) mass is 250 g/mol. The van der Waals surface area contributed by atoms with Gasteiger partial charge in [0.1, 0.15) is 0 Å². The first-order valence-corrected chi connectivity index (χ1v) is 6.07. The number of aryl methyl sites for hydroxylation is 1. The summed E-state index contributed by atoms with van der Waals surface area (Å²) in [4.78, 5) is 11.8. The maximum absolute atomic E-state index is 11.8. The van der Waals surface area contributed by atoms with Gasteiger partial charge in [-0.25, -0.2) is 0 Å². The summed E-state index contributed by atoms with van der Waals surface area (Å²) in [5.41, 5.74) is 7.17. The first-order valence-electron chi connectivity index (χ1n) is 6.07. The van der Waals surface area contributed by atoms with Crippen molar-refractivity contribution in [2.24, 2.45) is 0 Å². The second-order valence-corrected chi connectivity index (χ2v) is 5.11. The highest BCUT2D eigenvalue weighted by Crippen LogP contribution is 2.09. The zero-order chi connectivity index (χ0) is 13.6. The van der Waals surface area contributed by atoms with E-state index in [2.05, 4.69) is 5.32 Å². The molecule has 1 rings (SSSR count). The van der Waals surface area contributed by atoms with Gasteiger partial charge in [0.25, 0.3) is 0 Å². The van der Waals surface area contributed by atoms with E-state index in [0.717, 1.165) is 11.3 Å². The Morgan fingerprint density at radius 3 is 2.78 bits per heavy atom. The van der Waals surface area contributed by atoms with Crippen LogP contribution in [-0.4, -0.2) is 25.2 Å². The molecule has 1 aromatic rings. The van der Waals surface area contributed by atoms with E-state index < -0.39 is 0 Å². The molecule has 18 heavy (non-hydrogen) atoms. The number of hydrogen-bond acceptors (Lipinski definition) is 3. The largest absolute Gasteiger partial charge is 0.399 e. The summed E-state index contributed by atoms with van der Waals surface area (Å²) >= 11 is 0. The summed E-state index contributed by atoms with van der Waals surface area (Å²) in [5.74, 6) is 0.0273. The van der Waals surface area contributed by atoms with E-state index in [1.807, 2.05) is 38.1 Å². The Labute approximate surface area is 109 Å². The molecule has 0 aliphatic heterocycles. The molecule has 0 radical (unpaired) electrons. The quantitative estimate of drug-likeness (QED) is 0.756. The predicted molar refractivity (Wildman–Crippen MR) is 73.3 cm³/mol. The van der Waals surface area contributed by atoms with E-state index in [1.165, 1.54) is 0 Å². The number of nitrogens with one attached hydrogen (secondary N) is 1. The summed E-state index contributed by atoms with van der Waals surface area (Å²) in [5, 5.41) is 2.95. The third kappa shape index (κ3) is 5.19. The first kappa shape index (κ1) is 14.5. The normalized spacial score (nSPS) is 11.3. The molecule has 0 spiro atoms. The average molecular weight is 250 g/mol. The van der Waals surface area contributed by atoms with Gasteiger partial charge in [0.15, 0.2) is 0 Å². The minimum atomic E-state index is -0.332. The summed E-state index contributed by atoms with van der Waals surface area (Å²) in [6.45, 7) is 4.38. The van der Waals surface area contributed by atoms with Crippen molar-refractivity contribution in [2.45, 2.75) is 32.2 Å². The number of hydrogen-bond donors (Lipinski definition) is 2. The van der Waals surface area contributed by atoms with E-state index in [1.54, 1.807) is 7.11 Å². The van der Waals surface area contributed by atoms with Gasteiger partial charge in [-0.3, -0.25) is 4.79 Å². The Hall–Kier alpha value is -1.55. The Kier molecular flexibility index (Phi) is 5.16. The van der Waals surface area contributed by atoms with Crippen molar-refractivity contribution in [3.8, 4) is 0 Å². The van der Waals surface area contributed by atoms with Crippen LogP contribution in [0.2, 0.25) is 0 Å². The lowest BCUT2D eigenvalue weighted by molar-refractivity contribution is -0.123. The third-order valence-electron chi connectivity index (χ3n) is 2.57. The van der Waals surface area contributed by atoms with E-state index in [4.69, 9.17) is 10.5 Å². The fraction of sp³-hybridized carbons (Fsp3) is 0.500. The molecule has 0 saturated heterocycles. The zero-order valence-corrected chi connectivity index (χ0v) is 11.3. The molecular weight excluding hydrogens is 228 g/mol. The van der Waals surface area contributed by atoms with Gasteiger partial charge in [-0.15, -0.1) is 0 Å². The van der Waals surface area contributed by atoms with Crippen molar-refractivity contribution in [1.82, 2.24) is 5.32 Å². The van der Waals surface area contributed by atoms with Crippen LogP contribution in [0.15, 0.2) is 24.3 Å². The number of carbonyl (C=O) groups excluding carboxylic acids is 1. The predicted octanol–water partition coefficient (Wildman–Crippen LogP) is 1.74. The Morgan fingerprint density at radius 1 is 1.44 bits per heavy atom. The lowest BCUT2D eigenvalue weighted by atomic mass is 10.1. The molecule has 0 unspecified atom stereocenters. The van der Waals surface area contributed by atoms with Gasteiger partial charge in [-0.05, 0) is 38.0 Å². The number of rotatable bonds is 6. The van der Waals surface area contributed by atoms with Crippen molar-refractivity contribution >= 4 is 11.6 Å². The van der Waals surface area contributed by atoms with Gasteiger partial charge < -0.3 is 15.8 Å². The molecule has 4 heteroatoms. The second kappa shape index (κ2) is 6.40. The Bertz CT molecular complexity index is 403. The third-order valence-corrected chi connectivity index (χ3v) is 2.57. The van der Waals surface area contributed by atoms with Gasteiger partial charge in [0, 0.05) is 19.2 Å². The maximum Gasteiger partial charge on any atom is 0.220 e. The van der Waals surface area contributed by atoms with Crippen LogP contribution < -0.4 is 11.1 Å². The highest BCUT2D eigenvalue weighted by molar-refractivity contribution is 5.77. The van der Waals surface area contributed by atoms with E-state index >= 15 is 0 Å². The Morgan fingerprint density at radius 2 is 2.17 bits per heavy atom. The zero-order valence-electron chi connectivity index (χ0n) is 11.3. The molecule has 3 N–H and O–H groups in total. The number of nitrogens with two attached hydrogens (primary N) is 1. The van der Waals surface area contributed by atoms with Crippen molar-refractivity contribution < 1.29 is 9.53 Å². The molecule has 0 aliphatic carbocycles. The minimum Gasteiger partial charge on any atom is -0.399 e. The van der Waals surface area contributed by atoms with Crippen LogP contribution in [0.25, 0.3) is 0 Å². The van der Waals surface area contributed by atoms with E-state index in [-0.39, 0.29) is 11.4 Å². The number of anilines is 1. The molecule has 1 amide bonds. The minimum absolute atomic E-state index is 0.0273. The van der Waals surface area contributed by atoms with Crippen LogP contribution in [0.3, 0.4) is 0 Å². The van der Waals surface area contributed by atoms with Gasteiger partial charge in [-0.1, -0.05) is 12.1 Å². The van der Waals surface area contributed by atoms with Crippen LogP contribution >= 0.6 is 0 Å². The summed E-state index contributed by atoms with van der Waals surface area (Å²) in [6.07, 6.45) is 1.15. The highest BCUT2D eigenvalue weighted by atomic mass is 16.5. The number of amides is 1. The van der Waals surface area contributed by atoms with Crippen LogP contribution in [0, 0.1) is 0 Å².